The van der Waals surface area contributed by atoms with Gasteiger partial charge in [-0.3, -0.25) is 4.79 Å². The van der Waals surface area contributed by atoms with E-state index >= 15 is 0 Å². The molecular formula is C26H27FN4O3. The van der Waals surface area contributed by atoms with Crippen LogP contribution < -0.4 is 9.64 Å². The number of ether oxygens (including phenoxy) is 2. The molecule has 0 spiro atoms. The van der Waals surface area contributed by atoms with E-state index in [1.807, 2.05) is 0 Å². The zero-order chi connectivity index (χ0) is 23.8. The second-order valence-corrected chi connectivity index (χ2v) is 8.67. The topological polar surface area (TPSA) is 67.8 Å². The van der Waals surface area contributed by atoms with E-state index in [-0.39, 0.29) is 6.10 Å². The Morgan fingerprint density at radius 3 is 2.59 bits per heavy atom. The van der Waals surface area contributed by atoms with Crippen LogP contribution in [0.3, 0.4) is 0 Å². The molecule has 0 radical (unpaired) electrons. The molecule has 1 atom stereocenters. The third-order valence-corrected chi connectivity index (χ3v) is 6.63. The molecule has 3 aromatic rings. The van der Waals surface area contributed by atoms with Gasteiger partial charge in [0.1, 0.15) is 5.82 Å². The average Bonchev–Trinajstić information content (AvgIpc) is 2.87. The minimum absolute atomic E-state index is 0.130. The Kier molecular flexibility index (Phi) is 5.91. The fourth-order valence-electron chi connectivity index (χ4n) is 4.91. The summed E-state index contributed by atoms with van der Waals surface area (Å²) < 4.78 is 25.1. The van der Waals surface area contributed by atoms with Gasteiger partial charge in [0.2, 0.25) is 0 Å². The molecular weight excluding hydrogens is 435 g/mol. The summed E-state index contributed by atoms with van der Waals surface area (Å²) in [4.78, 5) is 24.8. The van der Waals surface area contributed by atoms with Crippen LogP contribution in [0.15, 0.2) is 48.8 Å². The Balaban J connectivity index is 1.44. The van der Waals surface area contributed by atoms with Crippen molar-refractivity contribution in [1.29, 1.82) is 0 Å². The Bertz CT molecular complexity index is 1270. The molecule has 7 nitrogen and oxygen atoms in total. The maximum absolute atomic E-state index is 13.3. The van der Waals surface area contributed by atoms with Crippen LogP contribution in [0.4, 0.5) is 10.2 Å². The van der Waals surface area contributed by atoms with E-state index in [1.165, 1.54) is 21.2 Å². The minimum atomic E-state index is -0.933. The summed E-state index contributed by atoms with van der Waals surface area (Å²) >= 11 is 0. The lowest BCUT2D eigenvalue weighted by molar-refractivity contribution is -0.128. The summed E-state index contributed by atoms with van der Waals surface area (Å²) in [6.07, 6.45) is 0.476. The number of fused-ring (bicyclic) bond motifs is 2. The van der Waals surface area contributed by atoms with Gasteiger partial charge in [-0.15, -0.1) is 0 Å². The largest absolute Gasteiger partial charge is 0.467 e. The maximum Gasteiger partial charge on any atom is 0.318 e. The molecule has 1 aromatic heterocycles. The van der Waals surface area contributed by atoms with Crippen molar-refractivity contribution >= 4 is 22.5 Å². The van der Waals surface area contributed by atoms with Crippen molar-refractivity contribution < 1.29 is 18.7 Å². The third kappa shape index (κ3) is 3.98. The molecule has 2 aliphatic rings. The van der Waals surface area contributed by atoms with E-state index in [1.54, 1.807) is 7.11 Å². The van der Waals surface area contributed by atoms with Crippen molar-refractivity contribution in [3.05, 3.63) is 71.2 Å². The number of rotatable bonds is 4. The van der Waals surface area contributed by atoms with Crippen molar-refractivity contribution in [2.75, 3.05) is 38.2 Å². The van der Waals surface area contributed by atoms with Gasteiger partial charge in [0.25, 0.3) is 5.91 Å². The summed E-state index contributed by atoms with van der Waals surface area (Å²) in [6.45, 7) is 7.45. The van der Waals surface area contributed by atoms with Gasteiger partial charge in [0, 0.05) is 38.2 Å². The highest BCUT2D eigenvalue weighted by molar-refractivity contribution is 5.91. The molecule has 1 fully saturated rings. The Morgan fingerprint density at radius 2 is 1.88 bits per heavy atom. The van der Waals surface area contributed by atoms with E-state index in [9.17, 15) is 9.18 Å². The van der Waals surface area contributed by atoms with Gasteiger partial charge in [-0.1, -0.05) is 43.0 Å². The summed E-state index contributed by atoms with van der Waals surface area (Å²) in [5.41, 5.74) is 4.20. The quantitative estimate of drug-likeness (QED) is 0.548. The van der Waals surface area contributed by atoms with Crippen LogP contribution in [-0.2, 0) is 22.6 Å². The second-order valence-electron chi connectivity index (χ2n) is 8.67. The zero-order valence-corrected chi connectivity index (χ0v) is 19.4. The van der Waals surface area contributed by atoms with Gasteiger partial charge in [-0.05, 0) is 28.8 Å². The third-order valence-electron chi connectivity index (χ3n) is 6.63. The Labute approximate surface area is 197 Å². The number of aromatic nitrogens is 2. The normalized spacial score (nSPS) is 18.0. The number of methoxy groups -OCH3 is 1. The van der Waals surface area contributed by atoms with Crippen molar-refractivity contribution in [2.24, 2.45) is 0 Å². The molecule has 2 aromatic carbocycles. The lowest BCUT2D eigenvalue weighted by Crippen LogP contribution is -2.49. The van der Waals surface area contributed by atoms with Gasteiger partial charge in [0.15, 0.2) is 5.83 Å². The zero-order valence-electron chi connectivity index (χ0n) is 19.4. The molecule has 1 saturated heterocycles. The first kappa shape index (κ1) is 22.3. The van der Waals surface area contributed by atoms with Gasteiger partial charge < -0.3 is 19.3 Å². The SMILES string of the molecule is C=C(F)C(=O)N1CCN(c2nc(OC)nc3c2COC(c2cccc4cccc(C)c24)C3)CC1. The molecule has 34 heavy (non-hydrogen) atoms. The monoisotopic (exact) mass is 462 g/mol. The summed E-state index contributed by atoms with van der Waals surface area (Å²) in [5, 5.41) is 2.41. The smallest absolute Gasteiger partial charge is 0.318 e. The number of hydrogen-bond donors (Lipinski definition) is 0. The number of halogens is 1. The van der Waals surface area contributed by atoms with Crippen LogP contribution in [-0.4, -0.2) is 54.1 Å². The summed E-state index contributed by atoms with van der Waals surface area (Å²) in [6, 6.07) is 12.9. The highest BCUT2D eigenvalue weighted by Crippen LogP contribution is 2.38. The number of hydrogen-bond acceptors (Lipinski definition) is 6. The van der Waals surface area contributed by atoms with E-state index in [0.29, 0.717) is 45.2 Å². The van der Waals surface area contributed by atoms with E-state index in [4.69, 9.17) is 9.47 Å². The molecule has 1 amide bonds. The molecule has 5 rings (SSSR count). The fraction of sp³-hybridized carbons (Fsp3) is 0.346. The van der Waals surface area contributed by atoms with Crippen molar-refractivity contribution in [3.8, 4) is 6.01 Å². The van der Waals surface area contributed by atoms with Crippen LogP contribution in [0.1, 0.15) is 28.5 Å². The predicted octanol–water partition coefficient (Wildman–Crippen LogP) is 3.89. The number of carbonyl (C=O) groups excluding carboxylic acids is 1. The predicted molar refractivity (Wildman–Crippen MR) is 128 cm³/mol. The number of aryl methyl sites for hydroxylation is 1. The molecule has 0 N–H and O–H groups in total. The number of carbonyl (C=O) groups is 1. The Hall–Kier alpha value is -3.52. The van der Waals surface area contributed by atoms with E-state index in [2.05, 4.69) is 64.8 Å². The molecule has 8 heteroatoms. The van der Waals surface area contributed by atoms with Gasteiger partial charge in [-0.25, -0.2) is 4.39 Å². The first-order chi connectivity index (χ1) is 16.5. The highest BCUT2D eigenvalue weighted by atomic mass is 19.1. The second kappa shape index (κ2) is 9.02. The van der Waals surface area contributed by atoms with Crippen LogP contribution in [0.5, 0.6) is 6.01 Å². The lowest BCUT2D eigenvalue weighted by Gasteiger charge is -2.37. The standard InChI is InChI=1S/C26H27FN4O3/c1-16-6-4-7-18-8-5-9-19(23(16)18)22-14-21-20(15-34-22)24(29-26(28-21)33-3)30-10-12-31(13-11-30)25(32)17(2)27/h4-9,22H,2,10-15H2,1,3H3. The van der Waals surface area contributed by atoms with Crippen LogP contribution in [0.25, 0.3) is 10.8 Å². The molecule has 0 aliphatic carbocycles. The lowest BCUT2D eigenvalue weighted by atomic mass is 9.92. The van der Waals surface area contributed by atoms with Gasteiger partial charge in [0.05, 0.1) is 25.5 Å². The highest BCUT2D eigenvalue weighted by Gasteiger charge is 2.31. The number of anilines is 1. The first-order valence-corrected chi connectivity index (χ1v) is 11.4. The van der Waals surface area contributed by atoms with Gasteiger partial charge in [-0.2, -0.15) is 9.97 Å². The van der Waals surface area contributed by atoms with Crippen molar-refractivity contribution in [1.82, 2.24) is 14.9 Å². The van der Waals surface area contributed by atoms with Gasteiger partial charge >= 0.3 is 6.01 Å². The number of piperazine rings is 1. The minimum Gasteiger partial charge on any atom is -0.467 e. The molecule has 0 saturated carbocycles. The number of benzene rings is 2. The van der Waals surface area contributed by atoms with Crippen LogP contribution in [0.2, 0.25) is 0 Å². The fourth-order valence-corrected chi connectivity index (χ4v) is 4.91. The molecule has 3 heterocycles. The molecule has 0 bridgehead atoms. The first-order valence-electron chi connectivity index (χ1n) is 11.4. The summed E-state index contributed by atoms with van der Waals surface area (Å²) in [7, 11) is 1.56. The maximum atomic E-state index is 13.3. The molecule has 176 valence electrons. The Morgan fingerprint density at radius 1 is 1.15 bits per heavy atom. The van der Waals surface area contributed by atoms with Crippen LogP contribution in [0, 0.1) is 6.92 Å². The van der Waals surface area contributed by atoms with Crippen molar-refractivity contribution in [3.63, 3.8) is 0 Å². The van der Waals surface area contributed by atoms with Crippen LogP contribution >= 0.6 is 0 Å². The average molecular weight is 463 g/mol. The molecule has 1 unspecified atom stereocenters. The summed E-state index contributed by atoms with van der Waals surface area (Å²) in [5.74, 6) is -0.836. The van der Waals surface area contributed by atoms with E-state index in [0.717, 1.165) is 22.6 Å². The van der Waals surface area contributed by atoms with Crippen molar-refractivity contribution in [2.45, 2.75) is 26.1 Å². The van der Waals surface area contributed by atoms with E-state index < -0.39 is 11.7 Å². The molecule has 2 aliphatic heterocycles. The number of nitrogens with zero attached hydrogens (tertiary/aromatic N) is 4. The number of amides is 1.